The summed E-state index contributed by atoms with van der Waals surface area (Å²) in [6.07, 6.45) is 0. The van der Waals surface area contributed by atoms with Crippen LogP contribution >= 0.6 is 0 Å². The molecule has 54 valence electrons. The van der Waals surface area contributed by atoms with E-state index in [1.807, 2.05) is 26.0 Å². The fourth-order valence-electron chi connectivity index (χ4n) is 0.986. The molecule has 0 bridgehead atoms. The molecule has 1 N–H and O–H groups in total. The van der Waals surface area contributed by atoms with E-state index in [9.17, 15) is 0 Å². The zero-order chi connectivity index (χ0) is 7.56. The van der Waals surface area contributed by atoms with Crippen LogP contribution in [0.2, 0.25) is 0 Å². The first-order valence-corrected chi connectivity index (χ1v) is 4.74. The third kappa shape index (κ3) is 1.84. The molecule has 0 heterocycles. The van der Waals surface area contributed by atoms with E-state index in [0.717, 1.165) is 4.46 Å². The van der Waals surface area contributed by atoms with E-state index in [2.05, 4.69) is 6.07 Å². The predicted molar refractivity (Wildman–Crippen MR) is 43.5 cm³/mol. The minimum absolute atomic E-state index is 0.350. The maximum atomic E-state index is 8.85. The Kier molecular flexibility index (Phi) is 2.50. The average molecular weight is 201 g/mol. The van der Waals surface area contributed by atoms with Gasteiger partial charge in [0.2, 0.25) is 0 Å². The van der Waals surface area contributed by atoms with E-state index in [-0.39, 0.29) is 15.3 Å². The molecule has 0 fully saturated rings. The summed E-state index contributed by atoms with van der Waals surface area (Å²) in [5, 5.41) is 0. The molecule has 0 unspecified atom stereocenters. The van der Waals surface area contributed by atoms with E-state index in [0.29, 0.717) is 0 Å². The number of rotatable bonds is 1. The van der Waals surface area contributed by atoms with E-state index >= 15 is 0 Å². The summed E-state index contributed by atoms with van der Waals surface area (Å²) in [5.41, 5.74) is 2.46. The van der Waals surface area contributed by atoms with Gasteiger partial charge in [-0.15, -0.1) is 0 Å². The molecule has 0 amide bonds. The normalized spacial score (nSPS) is 9.90. The molecule has 0 saturated carbocycles. The van der Waals surface area contributed by atoms with Crippen molar-refractivity contribution >= 4 is 19.7 Å². The zero-order valence-electron chi connectivity index (χ0n) is 6.09. The van der Waals surface area contributed by atoms with Crippen molar-refractivity contribution in [1.82, 2.24) is 0 Å². The van der Waals surface area contributed by atoms with Gasteiger partial charge in [0.25, 0.3) is 0 Å². The molecule has 1 aromatic carbocycles. The average Bonchev–Trinajstić information content (AvgIpc) is 1.85. The summed E-state index contributed by atoms with van der Waals surface area (Å²) < 4.78 is 9.91. The van der Waals surface area contributed by atoms with Crippen LogP contribution in [0.4, 0.5) is 0 Å². The van der Waals surface area contributed by atoms with Crippen LogP contribution in [0, 0.1) is 13.8 Å². The summed E-state index contributed by atoms with van der Waals surface area (Å²) in [6, 6.07) is 6.15. The molecule has 1 rings (SSSR count). The molecule has 0 aromatic heterocycles. The van der Waals surface area contributed by atoms with Gasteiger partial charge in [0.05, 0.1) is 0 Å². The summed E-state index contributed by atoms with van der Waals surface area (Å²) in [5.74, 6) is 0. The Morgan fingerprint density at radius 1 is 1.10 bits per heavy atom. The van der Waals surface area contributed by atoms with E-state index < -0.39 is 0 Å². The molecule has 2 heteroatoms. The summed E-state index contributed by atoms with van der Waals surface area (Å²) in [6.45, 7) is 4.09. The van der Waals surface area contributed by atoms with Crippen LogP contribution in [0.1, 0.15) is 11.1 Å². The van der Waals surface area contributed by atoms with Crippen LogP contribution in [-0.2, 0) is 0 Å². The molecular weight excluding hydrogens is 191 g/mol. The number of hydrogen-bond acceptors (Lipinski definition) is 1. The fourth-order valence-corrected chi connectivity index (χ4v) is 1.99. The summed E-state index contributed by atoms with van der Waals surface area (Å²) >= 11 is -0.350. The molecule has 1 aromatic rings. The van der Waals surface area contributed by atoms with Crippen molar-refractivity contribution < 1.29 is 4.19 Å². The van der Waals surface area contributed by atoms with Crippen LogP contribution in [0.25, 0.3) is 0 Å². The van der Waals surface area contributed by atoms with Crippen molar-refractivity contribution in [3.63, 3.8) is 0 Å². The van der Waals surface area contributed by atoms with Gasteiger partial charge in [0.1, 0.15) is 0 Å². The molecule has 1 nitrogen and oxygen atoms in total. The second kappa shape index (κ2) is 3.20. The van der Waals surface area contributed by atoms with Gasteiger partial charge in [-0.3, -0.25) is 0 Å². The molecule has 0 aliphatic rings. The third-order valence-corrected chi connectivity index (χ3v) is 2.24. The Morgan fingerprint density at radius 3 is 2.00 bits per heavy atom. The van der Waals surface area contributed by atoms with Crippen molar-refractivity contribution in [1.29, 1.82) is 0 Å². The molecule has 0 aliphatic heterocycles. The van der Waals surface area contributed by atoms with Crippen molar-refractivity contribution in [2.45, 2.75) is 13.8 Å². The second-order valence-corrected chi connectivity index (χ2v) is 3.79. The van der Waals surface area contributed by atoms with Crippen LogP contribution in [0.15, 0.2) is 18.2 Å². The van der Waals surface area contributed by atoms with Crippen molar-refractivity contribution in [2.75, 3.05) is 0 Å². The van der Waals surface area contributed by atoms with Gasteiger partial charge in [-0.25, -0.2) is 0 Å². The molecule has 0 atom stereocenters. The number of benzene rings is 1. The maximum absolute atomic E-state index is 8.85. The Bertz CT molecular complexity index is 212. The fraction of sp³-hybridized carbons (Fsp3) is 0.250. The monoisotopic (exact) mass is 202 g/mol. The van der Waals surface area contributed by atoms with Crippen LogP contribution in [-0.4, -0.2) is 19.5 Å². The SMILES string of the molecule is Cc1cc(C)cc([Se]O)c1. The topological polar surface area (TPSA) is 20.2 Å². The summed E-state index contributed by atoms with van der Waals surface area (Å²) in [4.78, 5) is 0. The van der Waals surface area contributed by atoms with Crippen molar-refractivity contribution in [3.05, 3.63) is 29.3 Å². The summed E-state index contributed by atoms with van der Waals surface area (Å²) in [7, 11) is 0. The van der Waals surface area contributed by atoms with Gasteiger partial charge in [0.15, 0.2) is 0 Å². The van der Waals surface area contributed by atoms with Crippen molar-refractivity contribution in [2.24, 2.45) is 0 Å². The van der Waals surface area contributed by atoms with Crippen LogP contribution in [0.3, 0.4) is 0 Å². The van der Waals surface area contributed by atoms with Gasteiger partial charge >= 0.3 is 67.1 Å². The first-order valence-electron chi connectivity index (χ1n) is 3.12. The van der Waals surface area contributed by atoms with Crippen LogP contribution < -0.4 is 4.46 Å². The van der Waals surface area contributed by atoms with Gasteiger partial charge in [-0.1, -0.05) is 0 Å². The molecule has 10 heavy (non-hydrogen) atoms. The van der Waals surface area contributed by atoms with E-state index in [4.69, 9.17) is 4.19 Å². The Morgan fingerprint density at radius 2 is 1.60 bits per heavy atom. The van der Waals surface area contributed by atoms with Crippen molar-refractivity contribution in [3.8, 4) is 0 Å². The van der Waals surface area contributed by atoms with Crippen LogP contribution in [0.5, 0.6) is 0 Å². The Balaban J connectivity index is 3.06. The molecule has 0 aliphatic carbocycles. The number of hydrogen-bond donors (Lipinski definition) is 1. The first-order chi connectivity index (χ1) is 4.72. The van der Waals surface area contributed by atoms with Gasteiger partial charge in [0, 0.05) is 0 Å². The van der Waals surface area contributed by atoms with Gasteiger partial charge in [-0.2, -0.15) is 0 Å². The Hall–Kier alpha value is -0.301. The molecule has 0 radical (unpaired) electrons. The quantitative estimate of drug-likeness (QED) is 0.657. The third-order valence-electron chi connectivity index (χ3n) is 1.30. The van der Waals surface area contributed by atoms with Gasteiger partial charge < -0.3 is 0 Å². The van der Waals surface area contributed by atoms with E-state index in [1.54, 1.807) is 0 Å². The number of aryl methyl sites for hydroxylation is 2. The van der Waals surface area contributed by atoms with Gasteiger partial charge in [-0.05, 0) is 0 Å². The molecular formula is C8H10OSe. The predicted octanol–water partition coefficient (Wildman–Crippen LogP) is 0.540. The first kappa shape index (κ1) is 7.80. The minimum atomic E-state index is -0.350. The second-order valence-electron chi connectivity index (χ2n) is 2.41. The standard InChI is InChI=1S/C8H10OSe/c1-6-3-7(2)5-8(4-6)10-9/h3-5,9H,1-2H3. The van der Waals surface area contributed by atoms with E-state index in [1.165, 1.54) is 11.1 Å². The Labute approximate surface area is 67.6 Å². The molecule has 0 spiro atoms. The zero-order valence-corrected chi connectivity index (χ0v) is 7.80. The molecule has 0 saturated heterocycles.